The van der Waals surface area contributed by atoms with E-state index in [1.165, 1.54) is 44.9 Å². The first-order chi connectivity index (χ1) is 5.89. The van der Waals surface area contributed by atoms with Gasteiger partial charge in [-0.2, -0.15) is 0 Å². The Kier molecular flexibility index (Phi) is 5.42. The molecule has 0 bridgehead atoms. The van der Waals surface area contributed by atoms with E-state index in [-0.39, 0.29) is 0 Å². The zero-order chi connectivity index (χ0) is 8.65. The molecule has 1 rings (SSSR count). The lowest BCUT2D eigenvalue weighted by molar-refractivity contribution is 0.125. The fraction of sp³-hybridized carbons (Fsp3) is 1.00. The predicted molar refractivity (Wildman–Crippen MR) is 52.3 cm³/mol. The van der Waals surface area contributed by atoms with Crippen molar-refractivity contribution in [2.45, 2.75) is 51.9 Å². The molecule has 72 valence electrons. The average molecular weight is 170 g/mol. The quantitative estimate of drug-likeness (QED) is 0.541. The zero-order valence-corrected chi connectivity index (χ0v) is 8.35. The monoisotopic (exact) mass is 170 g/mol. The van der Waals surface area contributed by atoms with Crippen molar-refractivity contribution in [3.05, 3.63) is 0 Å². The van der Waals surface area contributed by atoms with Gasteiger partial charge in [0.05, 0.1) is 0 Å². The summed E-state index contributed by atoms with van der Waals surface area (Å²) >= 11 is 0. The third kappa shape index (κ3) is 4.76. The minimum Gasteiger partial charge on any atom is -0.381 e. The van der Waals surface area contributed by atoms with Gasteiger partial charge in [-0.3, -0.25) is 0 Å². The van der Waals surface area contributed by atoms with Gasteiger partial charge in [0, 0.05) is 13.2 Å². The number of hydrogen-bond donors (Lipinski definition) is 0. The second kappa shape index (κ2) is 6.47. The van der Waals surface area contributed by atoms with Crippen molar-refractivity contribution < 1.29 is 4.74 Å². The van der Waals surface area contributed by atoms with Gasteiger partial charge in [-0.25, -0.2) is 0 Å². The lowest BCUT2D eigenvalue weighted by Crippen LogP contribution is -1.99. The second-order valence-corrected chi connectivity index (χ2v) is 4.06. The van der Waals surface area contributed by atoms with Crippen LogP contribution >= 0.6 is 0 Å². The van der Waals surface area contributed by atoms with Crippen LogP contribution in [0.2, 0.25) is 0 Å². The highest BCUT2D eigenvalue weighted by Crippen LogP contribution is 2.16. The molecule has 1 saturated heterocycles. The molecule has 0 N–H and O–H groups in total. The van der Waals surface area contributed by atoms with Crippen molar-refractivity contribution in [3.8, 4) is 0 Å². The molecule has 1 heteroatoms. The van der Waals surface area contributed by atoms with Crippen LogP contribution in [0.5, 0.6) is 0 Å². The van der Waals surface area contributed by atoms with E-state index in [0.29, 0.717) is 0 Å². The lowest BCUT2D eigenvalue weighted by Gasteiger charge is -2.09. The van der Waals surface area contributed by atoms with Gasteiger partial charge in [-0.1, -0.05) is 32.6 Å². The normalized spacial score (nSPS) is 29.2. The smallest absolute Gasteiger partial charge is 0.0466 e. The number of hydrogen-bond acceptors (Lipinski definition) is 1. The molecule has 12 heavy (non-hydrogen) atoms. The topological polar surface area (TPSA) is 9.23 Å². The van der Waals surface area contributed by atoms with Crippen molar-refractivity contribution in [3.63, 3.8) is 0 Å². The first-order valence-electron chi connectivity index (χ1n) is 5.47. The third-order valence-corrected chi connectivity index (χ3v) is 2.72. The molecule has 0 aliphatic carbocycles. The summed E-state index contributed by atoms with van der Waals surface area (Å²) in [5.41, 5.74) is 0. The molecule has 1 unspecified atom stereocenters. The summed E-state index contributed by atoms with van der Waals surface area (Å²) in [5.74, 6) is 0.923. The molecule has 1 aliphatic rings. The molecule has 1 nitrogen and oxygen atoms in total. The molecule has 0 saturated carbocycles. The van der Waals surface area contributed by atoms with Gasteiger partial charge >= 0.3 is 0 Å². The number of rotatable bonds is 0. The Morgan fingerprint density at radius 3 is 2.42 bits per heavy atom. The maximum absolute atomic E-state index is 5.51. The lowest BCUT2D eigenvalue weighted by atomic mass is 9.98. The molecular weight excluding hydrogens is 148 g/mol. The molecule has 0 aromatic rings. The summed E-state index contributed by atoms with van der Waals surface area (Å²) in [5, 5.41) is 0. The molecule has 0 aromatic carbocycles. The highest BCUT2D eigenvalue weighted by atomic mass is 16.5. The molecular formula is C11H22O. The molecule has 1 aliphatic heterocycles. The SMILES string of the molecule is CC1CCCCCCOCCC1. The summed E-state index contributed by atoms with van der Waals surface area (Å²) in [7, 11) is 0. The fourth-order valence-corrected chi connectivity index (χ4v) is 1.83. The van der Waals surface area contributed by atoms with Crippen LogP contribution in [0, 0.1) is 5.92 Å². The molecule has 0 amide bonds. The van der Waals surface area contributed by atoms with Crippen molar-refractivity contribution >= 4 is 0 Å². The van der Waals surface area contributed by atoms with Crippen molar-refractivity contribution in [2.24, 2.45) is 5.92 Å². The van der Waals surface area contributed by atoms with Crippen LogP contribution in [-0.2, 0) is 4.74 Å². The molecule has 1 atom stereocenters. The first-order valence-corrected chi connectivity index (χ1v) is 5.47. The number of ether oxygens (including phenoxy) is 1. The average Bonchev–Trinajstić information content (AvgIpc) is 2.11. The highest BCUT2D eigenvalue weighted by Gasteiger charge is 2.03. The van der Waals surface area contributed by atoms with Crippen molar-refractivity contribution in [1.29, 1.82) is 0 Å². The maximum atomic E-state index is 5.51. The highest BCUT2D eigenvalue weighted by molar-refractivity contribution is 4.55. The van der Waals surface area contributed by atoms with Gasteiger partial charge in [0.2, 0.25) is 0 Å². The Hall–Kier alpha value is -0.0400. The standard InChI is InChI=1S/C11H22O/c1-11-7-4-2-3-5-9-12-10-6-8-11/h11H,2-10H2,1H3. The Morgan fingerprint density at radius 2 is 1.50 bits per heavy atom. The van der Waals surface area contributed by atoms with Crippen LogP contribution < -0.4 is 0 Å². The summed E-state index contributed by atoms with van der Waals surface area (Å²) in [4.78, 5) is 0. The predicted octanol–water partition coefficient (Wildman–Crippen LogP) is 3.38. The molecule has 0 spiro atoms. The van der Waals surface area contributed by atoms with E-state index in [1.807, 2.05) is 0 Å². The maximum Gasteiger partial charge on any atom is 0.0466 e. The Morgan fingerprint density at radius 1 is 0.833 bits per heavy atom. The van der Waals surface area contributed by atoms with Crippen molar-refractivity contribution in [2.75, 3.05) is 13.2 Å². The van der Waals surface area contributed by atoms with Gasteiger partial charge < -0.3 is 4.74 Å². The second-order valence-electron chi connectivity index (χ2n) is 4.06. The van der Waals surface area contributed by atoms with Crippen LogP contribution in [0.3, 0.4) is 0 Å². The molecule has 0 aromatic heterocycles. The zero-order valence-electron chi connectivity index (χ0n) is 8.35. The van der Waals surface area contributed by atoms with E-state index in [2.05, 4.69) is 6.92 Å². The fourth-order valence-electron chi connectivity index (χ4n) is 1.83. The van der Waals surface area contributed by atoms with E-state index < -0.39 is 0 Å². The van der Waals surface area contributed by atoms with E-state index in [4.69, 9.17) is 4.74 Å². The van der Waals surface area contributed by atoms with Crippen LogP contribution in [0.1, 0.15) is 51.9 Å². The molecule has 1 heterocycles. The van der Waals surface area contributed by atoms with Crippen LogP contribution in [-0.4, -0.2) is 13.2 Å². The Balaban J connectivity index is 2.13. The summed E-state index contributed by atoms with van der Waals surface area (Å²) in [6.07, 6.45) is 9.54. The van der Waals surface area contributed by atoms with E-state index in [9.17, 15) is 0 Å². The van der Waals surface area contributed by atoms with E-state index in [1.54, 1.807) is 0 Å². The Bertz CT molecular complexity index is 89.2. The van der Waals surface area contributed by atoms with Gasteiger partial charge in [0.1, 0.15) is 0 Å². The molecule has 0 radical (unpaired) electrons. The van der Waals surface area contributed by atoms with Crippen LogP contribution in [0.25, 0.3) is 0 Å². The van der Waals surface area contributed by atoms with Crippen LogP contribution in [0.4, 0.5) is 0 Å². The van der Waals surface area contributed by atoms with Gasteiger partial charge in [0.15, 0.2) is 0 Å². The van der Waals surface area contributed by atoms with Gasteiger partial charge in [0.25, 0.3) is 0 Å². The minimum absolute atomic E-state index is 0.923. The van der Waals surface area contributed by atoms with Crippen LogP contribution in [0.15, 0.2) is 0 Å². The largest absolute Gasteiger partial charge is 0.381 e. The third-order valence-electron chi connectivity index (χ3n) is 2.72. The Labute approximate surface area is 76.5 Å². The van der Waals surface area contributed by atoms with E-state index >= 15 is 0 Å². The van der Waals surface area contributed by atoms with Gasteiger partial charge in [-0.05, 0) is 25.2 Å². The molecule has 1 fully saturated rings. The van der Waals surface area contributed by atoms with Crippen molar-refractivity contribution in [1.82, 2.24) is 0 Å². The summed E-state index contributed by atoms with van der Waals surface area (Å²) in [6.45, 7) is 4.36. The first kappa shape index (κ1) is 10.0. The minimum atomic E-state index is 0.923. The van der Waals surface area contributed by atoms with E-state index in [0.717, 1.165) is 19.1 Å². The summed E-state index contributed by atoms with van der Waals surface area (Å²) in [6, 6.07) is 0. The van der Waals surface area contributed by atoms with Gasteiger partial charge in [-0.15, -0.1) is 0 Å². The summed E-state index contributed by atoms with van der Waals surface area (Å²) < 4.78 is 5.51.